The summed E-state index contributed by atoms with van der Waals surface area (Å²) in [6.45, 7) is 0.612. The van der Waals surface area contributed by atoms with Crippen LogP contribution in [0.5, 0.6) is 5.75 Å². The van der Waals surface area contributed by atoms with Crippen LogP contribution in [0.2, 0.25) is 0 Å². The van der Waals surface area contributed by atoms with Crippen molar-refractivity contribution in [2.45, 2.75) is 31.8 Å². The fraction of sp³-hybridized carbons (Fsp3) is 0.261. The van der Waals surface area contributed by atoms with Gasteiger partial charge < -0.3 is 15.2 Å². The molecule has 3 rings (SSSR count). The number of carboxylic acids is 1. The zero-order chi connectivity index (χ0) is 25.7. The Hall–Kier alpha value is -4.22. The second-order valence-corrected chi connectivity index (χ2v) is 7.57. The molecule has 184 valence electrons. The number of ether oxygens (including phenoxy) is 1. The predicted molar refractivity (Wildman–Crippen MR) is 115 cm³/mol. The topological polar surface area (TPSA) is 129 Å². The van der Waals surface area contributed by atoms with Gasteiger partial charge in [-0.15, -0.1) is 0 Å². The molecule has 0 saturated heterocycles. The van der Waals surface area contributed by atoms with Crippen molar-refractivity contribution in [1.82, 2.24) is 9.88 Å². The van der Waals surface area contributed by atoms with E-state index in [1.54, 1.807) is 31.2 Å². The standard InChI is InChI=1S/C23H20F3N3O6/c1-2-18(29-11-27-16-6-4-3-5-13(16)23(29)34)22(33)28-17(9-20(31)32)19(30)10-35-21-14(25)7-12(24)8-15(21)26/h3-8,11,17-18H,2,9-10H2,1H3,(H,28,33)(H,31,32)/p+1/t17-,18-/m0/s1. The number of nitrogens with one attached hydrogen (secondary N) is 2. The maximum Gasteiger partial charge on any atom is 0.345 e. The number of benzene rings is 2. The third-order valence-electron chi connectivity index (χ3n) is 5.18. The fourth-order valence-electron chi connectivity index (χ4n) is 3.47. The van der Waals surface area contributed by atoms with Gasteiger partial charge in [0.1, 0.15) is 29.4 Å². The lowest BCUT2D eigenvalue weighted by Gasteiger charge is -2.19. The van der Waals surface area contributed by atoms with E-state index >= 15 is 0 Å². The van der Waals surface area contributed by atoms with Crippen molar-refractivity contribution in [3.8, 4) is 5.75 Å². The Morgan fingerprint density at radius 2 is 1.80 bits per heavy atom. The summed E-state index contributed by atoms with van der Waals surface area (Å²) in [6, 6.07) is 4.60. The van der Waals surface area contributed by atoms with Crippen molar-refractivity contribution in [3.05, 3.63) is 70.5 Å². The van der Waals surface area contributed by atoms with Gasteiger partial charge in [-0.05, 0) is 18.6 Å². The van der Waals surface area contributed by atoms with Crippen molar-refractivity contribution in [2.75, 3.05) is 6.61 Å². The highest BCUT2D eigenvalue weighted by atomic mass is 19.1. The molecule has 0 fully saturated rings. The first kappa shape index (κ1) is 25.4. The van der Waals surface area contributed by atoms with Crippen LogP contribution in [-0.4, -0.2) is 40.0 Å². The van der Waals surface area contributed by atoms with Crippen molar-refractivity contribution in [2.24, 2.45) is 0 Å². The number of amides is 1. The molecule has 0 unspecified atom stereocenters. The summed E-state index contributed by atoms with van der Waals surface area (Å²) in [6.07, 6.45) is 0.571. The molecule has 3 aromatic rings. The minimum atomic E-state index is -1.62. The maximum atomic E-state index is 13.8. The van der Waals surface area contributed by atoms with E-state index in [1.165, 1.54) is 6.33 Å². The number of rotatable bonds is 10. The van der Waals surface area contributed by atoms with Crippen molar-refractivity contribution >= 4 is 28.6 Å². The molecule has 0 saturated carbocycles. The van der Waals surface area contributed by atoms with Gasteiger partial charge in [-0.2, -0.15) is 4.57 Å². The number of H-pyrrole nitrogens is 1. The molecular formula is C23H21F3N3O6+. The van der Waals surface area contributed by atoms with Gasteiger partial charge in [0, 0.05) is 12.1 Å². The molecular weight excluding hydrogens is 471 g/mol. The van der Waals surface area contributed by atoms with Gasteiger partial charge >= 0.3 is 11.5 Å². The highest BCUT2D eigenvalue weighted by Gasteiger charge is 2.31. The zero-order valence-electron chi connectivity index (χ0n) is 18.4. The number of halogens is 3. The van der Waals surface area contributed by atoms with Crippen LogP contribution < -0.4 is 20.6 Å². The molecule has 2 atom stereocenters. The highest BCUT2D eigenvalue weighted by molar-refractivity contribution is 5.93. The van der Waals surface area contributed by atoms with E-state index in [0.717, 1.165) is 4.57 Å². The van der Waals surface area contributed by atoms with Crippen LogP contribution in [0.25, 0.3) is 10.9 Å². The van der Waals surface area contributed by atoms with E-state index < -0.39 is 71.5 Å². The fourth-order valence-corrected chi connectivity index (χ4v) is 3.47. The van der Waals surface area contributed by atoms with E-state index in [2.05, 4.69) is 10.3 Å². The summed E-state index contributed by atoms with van der Waals surface area (Å²) >= 11 is 0. The van der Waals surface area contributed by atoms with Gasteiger partial charge in [0.05, 0.1) is 6.42 Å². The number of aromatic nitrogens is 2. The molecule has 2 aromatic carbocycles. The second kappa shape index (κ2) is 10.8. The molecule has 0 aliphatic rings. The molecule has 3 N–H and O–H groups in total. The summed E-state index contributed by atoms with van der Waals surface area (Å²) in [5.74, 6) is -8.27. The van der Waals surface area contributed by atoms with Crippen LogP contribution in [0, 0.1) is 17.5 Å². The van der Waals surface area contributed by atoms with Crippen LogP contribution in [0.3, 0.4) is 0 Å². The Morgan fingerprint density at radius 3 is 2.43 bits per heavy atom. The molecule has 0 aliphatic heterocycles. The number of aromatic amines is 1. The third-order valence-corrected chi connectivity index (χ3v) is 5.18. The smallest absolute Gasteiger partial charge is 0.345 e. The quantitative estimate of drug-likeness (QED) is 0.444. The molecule has 1 heterocycles. The van der Waals surface area contributed by atoms with E-state index in [-0.39, 0.29) is 6.42 Å². The summed E-state index contributed by atoms with van der Waals surface area (Å²) in [5, 5.41) is 11.8. The molecule has 0 aliphatic carbocycles. The normalized spacial score (nSPS) is 12.7. The molecule has 1 amide bonds. The number of nitrogens with zero attached hydrogens (tertiary/aromatic N) is 1. The molecule has 9 nitrogen and oxygen atoms in total. The van der Waals surface area contributed by atoms with Gasteiger partial charge in [0.15, 0.2) is 29.2 Å². The molecule has 0 spiro atoms. The Balaban J connectivity index is 1.80. The number of aliphatic carboxylic acids is 1. The first-order chi connectivity index (χ1) is 16.6. The summed E-state index contributed by atoms with van der Waals surface area (Å²) < 4.78 is 46.5. The largest absolute Gasteiger partial charge is 0.481 e. The van der Waals surface area contributed by atoms with Gasteiger partial charge in [0.2, 0.25) is 6.33 Å². The van der Waals surface area contributed by atoms with E-state index in [9.17, 15) is 32.3 Å². The number of carbonyl (C=O) groups is 3. The monoisotopic (exact) mass is 492 g/mol. The Morgan fingerprint density at radius 1 is 1.14 bits per heavy atom. The molecule has 0 bridgehead atoms. The van der Waals surface area contributed by atoms with Crippen molar-refractivity contribution < 1.29 is 42.4 Å². The number of fused-ring (bicyclic) bond motifs is 1. The number of para-hydroxylation sites is 1. The van der Waals surface area contributed by atoms with Crippen LogP contribution in [-0.2, 0) is 14.4 Å². The number of carbonyl (C=O) groups excluding carboxylic acids is 2. The lowest BCUT2D eigenvalue weighted by Crippen LogP contribution is -2.48. The van der Waals surface area contributed by atoms with Crippen LogP contribution >= 0.6 is 0 Å². The minimum absolute atomic E-state index is 0.119. The van der Waals surface area contributed by atoms with Crippen molar-refractivity contribution in [3.63, 3.8) is 0 Å². The van der Waals surface area contributed by atoms with E-state index in [0.29, 0.717) is 23.0 Å². The first-order valence-electron chi connectivity index (χ1n) is 10.5. The van der Waals surface area contributed by atoms with Gasteiger partial charge in [-0.1, -0.05) is 19.1 Å². The zero-order valence-corrected chi connectivity index (χ0v) is 18.4. The average Bonchev–Trinajstić information content (AvgIpc) is 2.79. The average molecular weight is 492 g/mol. The van der Waals surface area contributed by atoms with Crippen LogP contribution in [0.1, 0.15) is 25.8 Å². The SMILES string of the molecule is CC[C@@H](C(=O)N[C@@H](CC(=O)O)C(=O)COc1c(F)cc(F)cc1F)n1c[nH+]c2ccccc2c1=O. The number of carboxylic acid groups (broad SMARTS) is 1. The second-order valence-electron chi connectivity index (χ2n) is 7.57. The Labute approximate surface area is 196 Å². The number of hydrogen-bond donors (Lipinski definition) is 2. The number of hydrogen-bond acceptors (Lipinski definition) is 5. The Bertz CT molecular complexity index is 1320. The van der Waals surface area contributed by atoms with Crippen LogP contribution in [0.4, 0.5) is 13.2 Å². The Kier molecular flexibility index (Phi) is 7.84. The minimum Gasteiger partial charge on any atom is -0.481 e. The highest BCUT2D eigenvalue weighted by Crippen LogP contribution is 2.23. The lowest BCUT2D eigenvalue weighted by molar-refractivity contribution is -0.353. The van der Waals surface area contributed by atoms with Gasteiger partial charge in [0.25, 0.3) is 5.91 Å². The van der Waals surface area contributed by atoms with E-state index in [4.69, 9.17) is 9.84 Å². The first-order valence-corrected chi connectivity index (χ1v) is 10.5. The molecule has 0 radical (unpaired) electrons. The summed E-state index contributed by atoms with van der Waals surface area (Å²) in [5.41, 5.74) is 0.0633. The van der Waals surface area contributed by atoms with E-state index in [1.807, 2.05) is 0 Å². The predicted octanol–water partition coefficient (Wildman–Crippen LogP) is 1.79. The lowest BCUT2D eigenvalue weighted by atomic mass is 10.1. The van der Waals surface area contributed by atoms with Gasteiger partial charge in [-0.25, -0.2) is 22.9 Å². The molecule has 1 aromatic heterocycles. The summed E-state index contributed by atoms with van der Waals surface area (Å²) in [7, 11) is 0. The third kappa shape index (κ3) is 5.83. The van der Waals surface area contributed by atoms with Crippen LogP contribution in [0.15, 0.2) is 47.5 Å². The van der Waals surface area contributed by atoms with Gasteiger partial charge in [-0.3, -0.25) is 14.4 Å². The maximum absolute atomic E-state index is 13.8. The molecule has 12 heteroatoms. The molecule has 35 heavy (non-hydrogen) atoms. The summed E-state index contributed by atoms with van der Waals surface area (Å²) in [4.78, 5) is 52.5. The number of Topliss-reactive ketones (excluding diaryl/α,β-unsaturated/α-hetero) is 1. The number of ketones is 1. The van der Waals surface area contributed by atoms with Crippen molar-refractivity contribution in [1.29, 1.82) is 0 Å².